The smallest absolute Gasteiger partial charge is 0.251 e. The Labute approximate surface area is 131 Å². The Kier molecular flexibility index (Phi) is 3.92. The molecule has 1 atom stereocenters. The molecule has 1 N–H and O–H groups in total. The van der Waals surface area contributed by atoms with Gasteiger partial charge in [0.05, 0.1) is 13.2 Å². The van der Waals surface area contributed by atoms with Crippen molar-refractivity contribution in [3.05, 3.63) is 59.8 Å². The highest BCUT2D eigenvalue weighted by atomic mass is 19.1. The van der Waals surface area contributed by atoms with Gasteiger partial charge < -0.3 is 10.1 Å². The van der Waals surface area contributed by atoms with Gasteiger partial charge in [0.2, 0.25) is 0 Å². The monoisotopic (exact) mass is 314 g/mol. The molecule has 0 aliphatic heterocycles. The van der Waals surface area contributed by atoms with Gasteiger partial charge in [0.25, 0.3) is 5.91 Å². The second-order valence-corrected chi connectivity index (χ2v) is 5.03. The lowest BCUT2D eigenvalue weighted by molar-refractivity contribution is 0.0937. The molecule has 0 unspecified atom stereocenters. The number of methoxy groups -OCH3 is 1. The van der Waals surface area contributed by atoms with Crippen LogP contribution in [0.5, 0.6) is 5.75 Å². The lowest BCUT2D eigenvalue weighted by Crippen LogP contribution is -2.28. The van der Waals surface area contributed by atoms with Crippen molar-refractivity contribution in [2.45, 2.75) is 13.0 Å². The summed E-state index contributed by atoms with van der Waals surface area (Å²) in [7, 11) is 1.37. The molecule has 118 valence electrons. The summed E-state index contributed by atoms with van der Waals surface area (Å²) >= 11 is 0. The SMILES string of the molecule is COc1ccc(C(=O)N[C@@H](C)c2nnc3ccccn23)cc1F. The quantitative estimate of drug-likeness (QED) is 0.803. The standard InChI is InChI=1S/C16H15FN4O2/c1-10(15-20-19-14-5-3-4-8-21(14)15)18-16(22)11-6-7-13(23-2)12(17)9-11/h3-10H,1-2H3,(H,18,22)/t10-/m0/s1. The summed E-state index contributed by atoms with van der Waals surface area (Å²) in [6.45, 7) is 1.79. The van der Waals surface area contributed by atoms with Crippen LogP contribution in [-0.2, 0) is 0 Å². The second-order valence-electron chi connectivity index (χ2n) is 5.03. The molecule has 0 bridgehead atoms. The predicted molar refractivity (Wildman–Crippen MR) is 81.8 cm³/mol. The third-order valence-corrected chi connectivity index (χ3v) is 3.49. The minimum atomic E-state index is -0.583. The second kappa shape index (κ2) is 6.04. The minimum absolute atomic E-state index is 0.0954. The number of hydrogen-bond donors (Lipinski definition) is 1. The van der Waals surface area contributed by atoms with Gasteiger partial charge in [0, 0.05) is 11.8 Å². The number of hydrogen-bond acceptors (Lipinski definition) is 4. The Morgan fingerprint density at radius 3 is 2.87 bits per heavy atom. The third kappa shape index (κ3) is 2.85. The summed E-state index contributed by atoms with van der Waals surface area (Å²) in [6.07, 6.45) is 1.82. The molecule has 0 aliphatic rings. The van der Waals surface area contributed by atoms with Crippen LogP contribution in [-0.4, -0.2) is 27.6 Å². The summed E-state index contributed by atoms with van der Waals surface area (Å²) in [5, 5.41) is 10.9. The van der Waals surface area contributed by atoms with Gasteiger partial charge in [-0.2, -0.15) is 0 Å². The Morgan fingerprint density at radius 1 is 1.30 bits per heavy atom. The topological polar surface area (TPSA) is 68.5 Å². The van der Waals surface area contributed by atoms with E-state index in [2.05, 4.69) is 15.5 Å². The van der Waals surface area contributed by atoms with Gasteiger partial charge in [-0.25, -0.2) is 4.39 Å². The number of pyridine rings is 1. The van der Waals surface area contributed by atoms with Gasteiger partial charge in [0.1, 0.15) is 0 Å². The maximum atomic E-state index is 13.7. The average molecular weight is 314 g/mol. The highest BCUT2D eigenvalue weighted by Gasteiger charge is 2.17. The molecule has 2 heterocycles. The molecule has 6 nitrogen and oxygen atoms in total. The molecule has 7 heteroatoms. The first-order valence-corrected chi connectivity index (χ1v) is 7.04. The predicted octanol–water partition coefficient (Wildman–Crippen LogP) is 2.37. The lowest BCUT2D eigenvalue weighted by Gasteiger charge is -2.13. The Balaban J connectivity index is 1.81. The number of fused-ring (bicyclic) bond motifs is 1. The van der Waals surface area contributed by atoms with Crippen molar-refractivity contribution in [1.82, 2.24) is 19.9 Å². The van der Waals surface area contributed by atoms with Crippen LogP contribution in [0.3, 0.4) is 0 Å². The van der Waals surface area contributed by atoms with E-state index < -0.39 is 11.7 Å². The van der Waals surface area contributed by atoms with Crippen molar-refractivity contribution < 1.29 is 13.9 Å². The number of amides is 1. The van der Waals surface area contributed by atoms with Gasteiger partial charge in [-0.1, -0.05) is 6.07 Å². The Hall–Kier alpha value is -2.96. The summed E-state index contributed by atoms with van der Waals surface area (Å²) in [4.78, 5) is 12.3. The molecule has 3 rings (SSSR count). The molecular formula is C16H15FN4O2. The fourth-order valence-electron chi connectivity index (χ4n) is 2.31. The first-order chi connectivity index (χ1) is 11.1. The number of aromatic nitrogens is 3. The van der Waals surface area contributed by atoms with Gasteiger partial charge in [-0.15, -0.1) is 10.2 Å². The first kappa shape index (κ1) is 15.0. The van der Waals surface area contributed by atoms with E-state index in [1.807, 2.05) is 24.4 Å². The van der Waals surface area contributed by atoms with Crippen LogP contribution in [0.2, 0.25) is 0 Å². The van der Waals surface area contributed by atoms with Crippen LogP contribution in [0, 0.1) is 5.82 Å². The summed E-state index contributed by atoms with van der Waals surface area (Å²) in [5.41, 5.74) is 0.906. The van der Waals surface area contributed by atoms with Crippen molar-refractivity contribution in [2.24, 2.45) is 0 Å². The highest BCUT2D eigenvalue weighted by molar-refractivity contribution is 5.94. The highest BCUT2D eigenvalue weighted by Crippen LogP contribution is 2.18. The maximum Gasteiger partial charge on any atom is 0.251 e. The molecule has 0 spiro atoms. The van der Waals surface area contributed by atoms with Gasteiger partial charge >= 0.3 is 0 Å². The lowest BCUT2D eigenvalue weighted by atomic mass is 10.2. The molecule has 3 aromatic rings. The number of nitrogens with zero attached hydrogens (tertiary/aromatic N) is 3. The van der Waals surface area contributed by atoms with Crippen LogP contribution >= 0.6 is 0 Å². The average Bonchev–Trinajstić information content (AvgIpc) is 2.98. The maximum absolute atomic E-state index is 13.7. The van der Waals surface area contributed by atoms with Crippen molar-refractivity contribution in [3.8, 4) is 5.75 Å². The van der Waals surface area contributed by atoms with E-state index in [-0.39, 0.29) is 17.4 Å². The zero-order valence-corrected chi connectivity index (χ0v) is 12.7. The van der Waals surface area contributed by atoms with Crippen LogP contribution in [0.1, 0.15) is 29.1 Å². The zero-order chi connectivity index (χ0) is 16.4. The van der Waals surface area contributed by atoms with Crippen LogP contribution in [0.25, 0.3) is 5.65 Å². The van der Waals surface area contributed by atoms with E-state index in [0.29, 0.717) is 11.5 Å². The van der Waals surface area contributed by atoms with Gasteiger partial charge in [-0.3, -0.25) is 9.20 Å². The van der Waals surface area contributed by atoms with Crippen LogP contribution < -0.4 is 10.1 Å². The molecule has 0 fully saturated rings. The summed E-state index contributed by atoms with van der Waals surface area (Å²) in [6, 6.07) is 9.22. The van der Waals surface area contributed by atoms with E-state index in [1.54, 1.807) is 11.3 Å². The number of rotatable bonds is 4. The van der Waals surface area contributed by atoms with Gasteiger partial charge in [-0.05, 0) is 37.3 Å². The third-order valence-electron chi connectivity index (χ3n) is 3.49. The van der Waals surface area contributed by atoms with Crippen molar-refractivity contribution >= 4 is 11.6 Å². The molecular weight excluding hydrogens is 299 g/mol. The molecule has 2 aromatic heterocycles. The molecule has 0 radical (unpaired) electrons. The number of carbonyl (C=O) groups is 1. The minimum Gasteiger partial charge on any atom is -0.494 e. The normalized spacial score (nSPS) is 12.1. The largest absolute Gasteiger partial charge is 0.494 e. The molecule has 0 saturated heterocycles. The molecule has 1 aromatic carbocycles. The zero-order valence-electron chi connectivity index (χ0n) is 12.7. The number of ether oxygens (including phenoxy) is 1. The number of carbonyl (C=O) groups excluding carboxylic acids is 1. The number of halogens is 1. The van der Waals surface area contributed by atoms with E-state index in [4.69, 9.17) is 4.74 Å². The Bertz CT molecular complexity index is 862. The summed E-state index contributed by atoms with van der Waals surface area (Å²) < 4.78 is 20.3. The first-order valence-electron chi connectivity index (χ1n) is 7.04. The summed E-state index contributed by atoms with van der Waals surface area (Å²) in [5.74, 6) is -0.284. The molecule has 0 saturated carbocycles. The number of benzene rings is 1. The van der Waals surface area contributed by atoms with E-state index in [0.717, 1.165) is 6.07 Å². The van der Waals surface area contributed by atoms with Crippen LogP contribution in [0.4, 0.5) is 4.39 Å². The van der Waals surface area contributed by atoms with Crippen molar-refractivity contribution in [2.75, 3.05) is 7.11 Å². The molecule has 23 heavy (non-hydrogen) atoms. The molecule has 0 aliphatic carbocycles. The van der Waals surface area contributed by atoms with E-state index in [1.165, 1.54) is 19.2 Å². The van der Waals surface area contributed by atoms with E-state index >= 15 is 0 Å². The number of nitrogens with one attached hydrogen (secondary N) is 1. The van der Waals surface area contributed by atoms with E-state index in [9.17, 15) is 9.18 Å². The van der Waals surface area contributed by atoms with Crippen LogP contribution in [0.15, 0.2) is 42.6 Å². The van der Waals surface area contributed by atoms with Crippen molar-refractivity contribution in [1.29, 1.82) is 0 Å². The fraction of sp³-hybridized carbons (Fsp3) is 0.188. The Morgan fingerprint density at radius 2 is 2.13 bits per heavy atom. The fourth-order valence-corrected chi connectivity index (χ4v) is 2.31. The van der Waals surface area contributed by atoms with Crippen molar-refractivity contribution in [3.63, 3.8) is 0 Å². The van der Waals surface area contributed by atoms with Gasteiger partial charge in [0.15, 0.2) is 23.0 Å². The molecule has 1 amide bonds.